The average Bonchev–Trinajstić information content (AvgIpc) is 2.29. The van der Waals surface area contributed by atoms with Crippen LogP contribution in [0.5, 0.6) is 0 Å². The summed E-state index contributed by atoms with van der Waals surface area (Å²) in [6, 6.07) is 7.57. The molecule has 78 valence electrons. The molecular formula is C11H14N4. The molecule has 0 bridgehead atoms. The number of rotatable bonds is 3. The molecule has 2 aromatic rings. The molecule has 1 unspecified atom stereocenters. The number of hydrogen-bond acceptors (Lipinski definition) is 4. The molecule has 0 radical (unpaired) electrons. The Labute approximate surface area is 88.3 Å². The minimum Gasteiger partial charge on any atom is -0.330 e. The van der Waals surface area contributed by atoms with Crippen molar-refractivity contribution in [2.24, 2.45) is 11.5 Å². The van der Waals surface area contributed by atoms with Gasteiger partial charge in [0.25, 0.3) is 0 Å². The van der Waals surface area contributed by atoms with Gasteiger partial charge < -0.3 is 11.5 Å². The van der Waals surface area contributed by atoms with Gasteiger partial charge in [0.2, 0.25) is 0 Å². The molecule has 4 nitrogen and oxygen atoms in total. The van der Waals surface area contributed by atoms with Gasteiger partial charge in [-0.05, 0) is 37.2 Å². The molecule has 0 aromatic carbocycles. The van der Waals surface area contributed by atoms with Gasteiger partial charge in [0.15, 0.2) is 0 Å². The van der Waals surface area contributed by atoms with Crippen LogP contribution in [0.25, 0.3) is 11.0 Å². The van der Waals surface area contributed by atoms with Crippen LogP contribution < -0.4 is 11.5 Å². The Kier molecular flexibility index (Phi) is 2.89. The molecule has 4 N–H and O–H groups in total. The van der Waals surface area contributed by atoms with Gasteiger partial charge in [-0.25, -0.2) is 4.98 Å². The molecule has 1 atom stereocenters. The number of fused-ring (bicyclic) bond motifs is 1. The zero-order chi connectivity index (χ0) is 10.7. The van der Waals surface area contributed by atoms with Gasteiger partial charge in [-0.3, -0.25) is 4.98 Å². The first-order valence-electron chi connectivity index (χ1n) is 4.98. The van der Waals surface area contributed by atoms with Crippen LogP contribution in [0.4, 0.5) is 0 Å². The summed E-state index contributed by atoms with van der Waals surface area (Å²) in [5.74, 6) is 0. The van der Waals surface area contributed by atoms with Gasteiger partial charge in [0, 0.05) is 12.2 Å². The molecule has 4 heteroatoms. The van der Waals surface area contributed by atoms with Crippen molar-refractivity contribution in [1.29, 1.82) is 0 Å². The Morgan fingerprint density at radius 2 is 2.07 bits per heavy atom. The molecule has 0 aliphatic carbocycles. The fourth-order valence-corrected chi connectivity index (χ4v) is 1.51. The number of hydrogen-bond donors (Lipinski definition) is 2. The van der Waals surface area contributed by atoms with Gasteiger partial charge >= 0.3 is 0 Å². The van der Waals surface area contributed by atoms with E-state index in [-0.39, 0.29) is 6.04 Å². The third kappa shape index (κ3) is 2.11. The highest BCUT2D eigenvalue weighted by Gasteiger charge is 2.06. The van der Waals surface area contributed by atoms with Crippen LogP contribution in [0.3, 0.4) is 0 Å². The summed E-state index contributed by atoms with van der Waals surface area (Å²) in [4.78, 5) is 8.65. The van der Waals surface area contributed by atoms with Gasteiger partial charge in [0.1, 0.15) is 0 Å². The van der Waals surface area contributed by atoms with Crippen molar-refractivity contribution < 1.29 is 0 Å². The lowest BCUT2D eigenvalue weighted by molar-refractivity contribution is 0.645. The smallest absolute Gasteiger partial charge is 0.0890 e. The minimum atomic E-state index is -0.0837. The Hall–Kier alpha value is -1.52. The van der Waals surface area contributed by atoms with E-state index in [4.69, 9.17) is 11.5 Å². The van der Waals surface area contributed by atoms with Crippen LogP contribution in [-0.4, -0.2) is 16.5 Å². The maximum Gasteiger partial charge on any atom is 0.0890 e. The summed E-state index contributed by atoms with van der Waals surface area (Å²) < 4.78 is 0. The highest BCUT2D eigenvalue weighted by Crippen LogP contribution is 2.15. The summed E-state index contributed by atoms with van der Waals surface area (Å²) >= 11 is 0. The van der Waals surface area contributed by atoms with E-state index in [1.807, 2.05) is 24.3 Å². The number of nitrogens with two attached hydrogens (primary N) is 2. The zero-order valence-electron chi connectivity index (χ0n) is 8.43. The molecule has 0 fully saturated rings. The van der Waals surface area contributed by atoms with Crippen molar-refractivity contribution >= 4 is 11.0 Å². The number of aromatic nitrogens is 2. The maximum absolute atomic E-state index is 5.93. The third-order valence-electron chi connectivity index (χ3n) is 2.34. The topological polar surface area (TPSA) is 77.8 Å². The predicted molar refractivity (Wildman–Crippen MR) is 60.1 cm³/mol. The summed E-state index contributed by atoms with van der Waals surface area (Å²) in [6.45, 7) is 0.577. The first-order valence-corrected chi connectivity index (χ1v) is 4.98. The fourth-order valence-electron chi connectivity index (χ4n) is 1.51. The summed E-state index contributed by atoms with van der Waals surface area (Å²) in [7, 11) is 0. The summed E-state index contributed by atoms with van der Waals surface area (Å²) in [5, 5.41) is 0. The second-order valence-electron chi connectivity index (χ2n) is 3.46. The van der Waals surface area contributed by atoms with E-state index in [9.17, 15) is 0 Å². The van der Waals surface area contributed by atoms with Crippen molar-refractivity contribution in [3.63, 3.8) is 0 Å². The number of nitrogens with zero attached hydrogens (tertiary/aromatic N) is 2. The molecular weight excluding hydrogens is 188 g/mol. The normalized spacial score (nSPS) is 12.9. The van der Waals surface area contributed by atoms with Crippen molar-refractivity contribution in [1.82, 2.24) is 9.97 Å². The monoisotopic (exact) mass is 202 g/mol. The van der Waals surface area contributed by atoms with Crippen molar-refractivity contribution in [3.05, 3.63) is 36.2 Å². The van der Waals surface area contributed by atoms with Crippen LogP contribution in [-0.2, 0) is 0 Å². The predicted octanol–water partition coefficient (Wildman–Crippen LogP) is 0.978. The Morgan fingerprint density at radius 1 is 1.20 bits per heavy atom. The first-order chi connectivity index (χ1) is 7.31. The molecule has 0 aliphatic heterocycles. The van der Waals surface area contributed by atoms with Crippen LogP contribution >= 0.6 is 0 Å². The molecule has 0 spiro atoms. The molecule has 2 rings (SSSR count). The second kappa shape index (κ2) is 4.33. The van der Waals surface area contributed by atoms with Gasteiger partial charge in [0.05, 0.1) is 16.7 Å². The van der Waals surface area contributed by atoms with Crippen molar-refractivity contribution in [2.75, 3.05) is 6.54 Å². The largest absolute Gasteiger partial charge is 0.330 e. The van der Waals surface area contributed by atoms with E-state index in [0.717, 1.165) is 23.1 Å². The fraction of sp³-hybridized carbons (Fsp3) is 0.273. The van der Waals surface area contributed by atoms with E-state index in [1.165, 1.54) is 0 Å². The van der Waals surface area contributed by atoms with Crippen molar-refractivity contribution in [3.8, 4) is 0 Å². The lowest BCUT2D eigenvalue weighted by Crippen LogP contribution is -2.16. The highest BCUT2D eigenvalue weighted by molar-refractivity contribution is 5.73. The van der Waals surface area contributed by atoms with Crippen LogP contribution in [0.2, 0.25) is 0 Å². The van der Waals surface area contributed by atoms with Gasteiger partial charge in [-0.15, -0.1) is 0 Å². The van der Waals surface area contributed by atoms with E-state index in [1.54, 1.807) is 6.20 Å². The van der Waals surface area contributed by atoms with Crippen LogP contribution in [0, 0.1) is 0 Å². The average molecular weight is 202 g/mol. The van der Waals surface area contributed by atoms with Gasteiger partial charge in [-0.1, -0.05) is 0 Å². The molecule has 0 saturated carbocycles. The van der Waals surface area contributed by atoms with Crippen molar-refractivity contribution in [2.45, 2.75) is 12.5 Å². The lowest BCUT2D eigenvalue weighted by atomic mass is 10.1. The number of pyridine rings is 2. The molecule has 2 heterocycles. The third-order valence-corrected chi connectivity index (χ3v) is 2.34. The van der Waals surface area contributed by atoms with Gasteiger partial charge in [-0.2, -0.15) is 0 Å². The Balaban J connectivity index is 2.38. The molecule has 2 aromatic heterocycles. The van der Waals surface area contributed by atoms with E-state index in [2.05, 4.69) is 9.97 Å². The highest BCUT2D eigenvalue weighted by atomic mass is 14.8. The second-order valence-corrected chi connectivity index (χ2v) is 3.46. The first kappa shape index (κ1) is 10.0. The standard InChI is InChI=1S/C11H14N4/c12-6-5-8(13)9-3-4-10-11(15-9)2-1-7-14-10/h1-4,7-8H,5-6,12-13H2. The maximum atomic E-state index is 5.93. The minimum absolute atomic E-state index is 0.0837. The van der Waals surface area contributed by atoms with E-state index < -0.39 is 0 Å². The molecule has 15 heavy (non-hydrogen) atoms. The Morgan fingerprint density at radius 3 is 2.87 bits per heavy atom. The summed E-state index contributed by atoms with van der Waals surface area (Å²) in [5.41, 5.74) is 14.0. The quantitative estimate of drug-likeness (QED) is 0.777. The van der Waals surface area contributed by atoms with Crippen LogP contribution in [0.15, 0.2) is 30.5 Å². The molecule has 0 saturated heterocycles. The molecule has 0 amide bonds. The lowest BCUT2D eigenvalue weighted by Gasteiger charge is -2.09. The van der Waals surface area contributed by atoms with E-state index in [0.29, 0.717) is 6.54 Å². The van der Waals surface area contributed by atoms with Crippen LogP contribution in [0.1, 0.15) is 18.2 Å². The molecule has 0 aliphatic rings. The SMILES string of the molecule is NCCC(N)c1ccc2ncccc2n1. The Bertz CT molecular complexity index is 455. The zero-order valence-corrected chi connectivity index (χ0v) is 8.43. The summed E-state index contributed by atoms with van der Waals surface area (Å²) in [6.07, 6.45) is 2.50. The van der Waals surface area contributed by atoms with E-state index >= 15 is 0 Å².